The van der Waals surface area contributed by atoms with E-state index in [9.17, 15) is 8.78 Å². The van der Waals surface area contributed by atoms with Gasteiger partial charge in [0.05, 0.1) is 22.6 Å². The van der Waals surface area contributed by atoms with Gasteiger partial charge in [-0.2, -0.15) is 0 Å². The van der Waals surface area contributed by atoms with Crippen LogP contribution in [0.2, 0.25) is 0 Å². The van der Waals surface area contributed by atoms with E-state index in [-0.39, 0.29) is 11.6 Å². The summed E-state index contributed by atoms with van der Waals surface area (Å²) in [5.74, 6) is -0.575. The molecule has 3 aliphatic heterocycles. The largest absolute Gasteiger partial charge is 0.292 e. The van der Waals surface area contributed by atoms with Gasteiger partial charge in [0.25, 0.3) is 0 Å². The number of rotatable bonds is 3. The second-order valence-corrected chi connectivity index (χ2v) is 11.6. The summed E-state index contributed by atoms with van der Waals surface area (Å²) in [4.78, 5) is 21.2. The van der Waals surface area contributed by atoms with Crippen LogP contribution in [0.5, 0.6) is 0 Å². The lowest BCUT2D eigenvalue weighted by Gasteiger charge is -2.18. The zero-order chi connectivity index (χ0) is 28.7. The molecule has 39 heavy (non-hydrogen) atoms. The Balaban J connectivity index is 0.000000158. The maximum atomic E-state index is 13.3. The predicted octanol–water partition coefficient (Wildman–Crippen LogP) is 6.78. The first-order chi connectivity index (χ1) is 18.6. The Morgan fingerprint density at radius 2 is 1.03 bits per heavy atom. The van der Waals surface area contributed by atoms with Crippen LogP contribution < -0.4 is 0 Å². The zero-order valence-corrected chi connectivity index (χ0v) is 25.5. The van der Waals surface area contributed by atoms with Crippen LogP contribution in [0.25, 0.3) is 0 Å². The minimum Gasteiger partial charge on any atom is -0.292 e. The fourth-order valence-corrected chi connectivity index (χ4v) is 5.42. The molecule has 6 nitrogen and oxygen atoms in total. The quantitative estimate of drug-likeness (QED) is 0.353. The van der Waals surface area contributed by atoms with Crippen molar-refractivity contribution in [2.45, 2.75) is 113 Å². The van der Waals surface area contributed by atoms with Crippen LogP contribution in [0.1, 0.15) is 88.5 Å². The van der Waals surface area contributed by atoms with Crippen molar-refractivity contribution in [2.24, 2.45) is 0 Å². The number of aromatic nitrogens is 3. The Bertz CT molecular complexity index is 1120. The highest BCUT2D eigenvalue weighted by molar-refractivity contribution is 7.09. The average molecular weight is 559 g/mol. The highest BCUT2D eigenvalue weighted by Gasteiger charge is 2.26. The standard InChI is InChI=1S/C11H13F2N.C9H13N3.C8H12N2S.C2H6/c1-7(2)14-5-8-9(6-14)11(13)4-3-10(8)12;1-7(2)12-5-8-9(6-12)11-4-3-10-8;1-6(2)10-3-7-8(4-10)11-5-9-7;1-2/h3-4,7H,5-6H2,1-2H3;3-4,7H,5-6H2,1-2H3;5-6H,3-4H2,1-2H3;1-2H3. The third kappa shape index (κ3) is 7.87. The van der Waals surface area contributed by atoms with Crippen LogP contribution in [0.3, 0.4) is 0 Å². The first kappa shape index (κ1) is 31.2. The Hall–Kier alpha value is -2.33. The van der Waals surface area contributed by atoms with Gasteiger partial charge in [-0.3, -0.25) is 24.7 Å². The Morgan fingerprint density at radius 3 is 1.46 bits per heavy atom. The molecule has 0 amide bonds. The van der Waals surface area contributed by atoms with Gasteiger partial charge in [0, 0.05) is 85.8 Å². The van der Waals surface area contributed by atoms with Gasteiger partial charge in [-0.25, -0.2) is 13.8 Å². The molecule has 0 aliphatic carbocycles. The van der Waals surface area contributed by atoms with Gasteiger partial charge in [-0.05, 0) is 53.7 Å². The zero-order valence-electron chi connectivity index (χ0n) is 24.7. The van der Waals surface area contributed by atoms with Gasteiger partial charge in [0.2, 0.25) is 0 Å². The van der Waals surface area contributed by atoms with Crippen LogP contribution in [0.4, 0.5) is 8.78 Å². The average Bonchev–Trinajstić information content (AvgIpc) is 3.70. The molecule has 6 rings (SSSR count). The molecule has 0 fully saturated rings. The van der Waals surface area contributed by atoms with Crippen molar-refractivity contribution in [1.29, 1.82) is 0 Å². The number of halogens is 2. The van der Waals surface area contributed by atoms with Crippen molar-refractivity contribution in [3.8, 4) is 0 Å². The lowest BCUT2D eigenvalue weighted by Crippen LogP contribution is -2.24. The summed E-state index contributed by atoms with van der Waals surface area (Å²) in [6, 6.07) is 3.97. The molecule has 3 aromatic rings. The van der Waals surface area contributed by atoms with E-state index in [0.717, 1.165) is 37.6 Å². The molecule has 0 radical (unpaired) electrons. The maximum Gasteiger partial charge on any atom is 0.128 e. The molecular formula is C30H44F2N6S. The van der Waals surface area contributed by atoms with Gasteiger partial charge in [-0.15, -0.1) is 11.3 Å². The van der Waals surface area contributed by atoms with Gasteiger partial charge in [0.15, 0.2) is 0 Å². The van der Waals surface area contributed by atoms with Gasteiger partial charge in [-0.1, -0.05) is 13.8 Å². The molecule has 3 aliphatic rings. The van der Waals surface area contributed by atoms with Gasteiger partial charge in [0.1, 0.15) is 11.6 Å². The molecule has 5 heterocycles. The summed E-state index contributed by atoms with van der Waals surface area (Å²) in [7, 11) is 0. The molecule has 9 heteroatoms. The van der Waals surface area contributed by atoms with E-state index in [4.69, 9.17) is 0 Å². The molecule has 0 saturated heterocycles. The smallest absolute Gasteiger partial charge is 0.128 e. The summed E-state index contributed by atoms with van der Waals surface area (Å²) in [6.45, 7) is 22.1. The Morgan fingerprint density at radius 1 is 0.615 bits per heavy atom. The van der Waals surface area contributed by atoms with E-state index in [1.807, 2.05) is 33.2 Å². The number of fused-ring (bicyclic) bond motifs is 3. The normalized spacial score (nSPS) is 16.2. The summed E-state index contributed by atoms with van der Waals surface area (Å²) < 4.78 is 26.6. The molecule has 1 aromatic carbocycles. The van der Waals surface area contributed by atoms with E-state index in [1.54, 1.807) is 23.7 Å². The minimum atomic E-state index is -0.287. The lowest BCUT2D eigenvalue weighted by atomic mass is 10.1. The van der Waals surface area contributed by atoms with Crippen molar-refractivity contribution in [3.63, 3.8) is 0 Å². The summed E-state index contributed by atoms with van der Waals surface area (Å²) in [5.41, 5.74) is 6.58. The third-order valence-electron chi connectivity index (χ3n) is 7.22. The van der Waals surface area contributed by atoms with E-state index < -0.39 is 0 Å². The molecular weight excluding hydrogens is 514 g/mol. The van der Waals surface area contributed by atoms with E-state index in [2.05, 4.69) is 57.3 Å². The van der Waals surface area contributed by atoms with Crippen molar-refractivity contribution in [2.75, 3.05) is 0 Å². The van der Waals surface area contributed by atoms with Crippen LogP contribution in [-0.2, 0) is 39.3 Å². The molecule has 0 atom stereocenters. The highest BCUT2D eigenvalue weighted by Crippen LogP contribution is 2.29. The minimum absolute atomic E-state index is 0.287. The lowest BCUT2D eigenvalue weighted by molar-refractivity contribution is 0.224. The predicted molar refractivity (Wildman–Crippen MR) is 155 cm³/mol. The summed E-state index contributed by atoms with van der Waals surface area (Å²) >= 11 is 1.78. The molecule has 214 valence electrons. The maximum absolute atomic E-state index is 13.3. The number of thiazole rings is 1. The number of benzene rings is 1. The fraction of sp³-hybridized carbons (Fsp3) is 0.567. The van der Waals surface area contributed by atoms with Crippen molar-refractivity contribution in [3.05, 3.63) is 74.8 Å². The molecule has 0 unspecified atom stereocenters. The highest BCUT2D eigenvalue weighted by atomic mass is 32.1. The summed E-state index contributed by atoms with van der Waals surface area (Å²) in [5, 5.41) is 0. The number of nitrogens with zero attached hydrogens (tertiary/aromatic N) is 6. The Labute approximate surface area is 237 Å². The van der Waals surface area contributed by atoms with Crippen LogP contribution in [0, 0.1) is 11.6 Å². The Kier molecular flexibility index (Phi) is 11.5. The number of hydrogen-bond acceptors (Lipinski definition) is 7. The van der Waals surface area contributed by atoms with Crippen LogP contribution >= 0.6 is 11.3 Å². The third-order valence-corrected chi connectivity index (χ3v) is 8.08. The first-order valence-corrected chi connectivity index (χ1v) is 14.9. The van der Waals surface area contributed by atoms with E-state index in [1.165, 1.54) is 22.7 Å². The van der Waals surface area contributed by atoms with Crippen molar-refractivity contribution < 1.29 is 8.78 Å². The van der Waals surface area contributed by atoms with E-state index in [0.29, 0.717) is 42.3 Å². The molecule has 0 saturated carbocycles. The molecule has 0 bridgehead atoms. The van der Waals surface area contributed by atoms with Gasteiger partial charge < -0.3 is 0 Å². The second kappa shape index (κ2) is 14.3. The molecule has 0 spiro atoms. The van der Waals surface area contributed by atoms with Gasteiger partial charge >= 0.3 is 0 Å². The SMILES string of the molecule is CC.CC(C)N1Cc2c(F)ccc(F)c2C1.CC(C)N1Cc2nccnc2C1.CC(C)N1Cc2ncsc2C1. The first-order valence-electron chi connectivity index (χ1n) is 14.0. The van der Waals surface area contributed by atoms with Crippen molar-refractivity contribution in [1.82, 2.24) is 29.7 Å². The van der Waals surface area contributed by atoms with Crippen LogP contribution in [-0.4, -0.2) is 47.8 Å². The monoisotopic (exact) mass is 558 g/mol. The topological polar surface area (TPSA) is 48.4 Å². The molecule has 2 aromatic heterocycles. The van der Waals surface area contributed by atoms with Crippen molar-refractivity contribution >= 4 is 11.3 Å². The molecule has 0 N–H and O–H groups in total. The summed E-state index contributed by atoms with van der Waals surface area (Å²) in [6.07, 6.45) is 3.53. The van der Waals surface area contributed by atoms with E-state index >= 15 is 0 Å². The number of hydrogen-bond donors (Lipinski definition) is 0. The second-order valence-electron chi connectivity index (χ2n) is 10.7. The van der Waals surface area contributed by atoms with Crippen LogP contribution in [0.15, 0.2) is 30.0 Å². The fourth-order valence-electron chi connectivity index (χ4n) is 4.62.